The summed E-state index contributed by atoms with van der Waals surface area (Å²) in [6, 6.07) is 7.09. The molecule has 2 rings (SSSR count). The third kappa shape index (κ3) is 2.54. The largest absolute Gasteiger partial charge is 0.497 e. The number of methoxy groups -OCH3 is 1. The predicted octanol–water partition coefficient (Wildman–Crippen LogP) is 1.09. The number of piperidine rings is 1. The molecule has 1 aromatic carbocycles. The highest BCUT2D eigenvalue weighted by Gasteiger charge is 2.37. The van der Waals surface area contributed by atoms with Crippen molar-refractivity contribution in [3.05, 3.63) is 29.8 Å². The van der Waals surface area contributed by atoms with E-state index in [0.717, 1.165) is 11.3 Å². The van der Waals surface area contributed by atoms with E-state index in [1.165, 1.54) is 0 Å². The molecule has 1 heterocycles. The van der Waals surface area contributed by atoms with Crippen molar-refractivity contribution >= 4 is 11.8 Å². The van der Waals surface area contributed by atoms with Gasteiger partial charge in [0.25, 0.3) is 0 Å². The predicted molar refractivity (Wildman–Crippen MR) is 70.4 cm³/mol. The molecule has 102 valence electrons. The molecule has 19 heavy (non-hydrogen) atoms. The Morgan fingerprint density at radius 1 is 1.37 bits per heavy atom. The lowest BCUT2D eigenvalue weighted by Gasteiger charge is -2.37. The Balaban J connectivity index is 2.34. The van der Waals surface area contributed by atoms with Crippen molar-refractivity contribution in [2.24, 2.45) is 11.7 Å². The summed E-state index contributed by atoms with van der Waals surface area (Å²) in [4.78, 5) is 25.0. The first-order valence-corrected chi connectivity index (χ1v) is 6.23. The maximum Gasteiger partial charge on any atom is 0.222 e. The second kappa shape index (κ2) is 5.30. The quantitative estimate of drug-likeness (QED) is 0.886. The van der Waals surface area contributed by atoms with Crippen molar-refractivity contribution in [3.63, 3.8) is 0 Å². The number of hydrogen-bond donors (Lipinski definition) is 1. The van der Waals surface area contributed by atoms with Gasteiger partial charge in [-0.2, -0.15) is 0 Å². The number of rotatable bonds is 3. The van der Waals surface area contributed by atoms with Gasteiger partial charge in [0.2, 0.25) is 11.8 Å². The van der Waals surface area contributed by atoms with Crippen LogP contribution in [0.2, 0.25) is 0 Å². The van der Waals surface area contributed by atoms with E-state index < -0.39 is 0 Å². The van der Waals surface area contributed by atoms with Crippen LogP contribution >= 0.6 is 0 Å². The number of primary amides is 1. The van der Waals surface area contributed by atoms with E-state index in [9.17, 15) is 9.59 Å². The van der Waals surface area contributed by atoms with E-state index in [4.69, 9.17) is 10.5 Å². The van der Waals surface area contributed by atoms with E-state index in [0.29, 0.717) is 12.8 Å². The Morgan fingerprint density at radius 3 is 2.53 bits per heavy atom. The highest BCUT2D eigenvalue weighted by atomic mass is 16.5. The van der Waals surface area contributed by atoms with Crippen LogP contribution in [0, 0.1) is 5.92 Å². The normalized spacial score (nSPS) is 23.3. The zero-order valence-corrected chi connectivity index (χ0v) is 11.1. The molecule has 5 nitrogen and oxygen atoms in total. The van der Waals surface area contributed by atoms with Gasteiger partial charge in [-0.25, -0.2) is 0 Å². The standard InChI is InChI=1S/C14H18N2O3/c1-16-12(17)8-7-11(14(15)18)13(16)9-3-5-10(19-2)6-4-9/h3-6,11,13H,7-8H2,1-2H3,(H2,15,18)/t11-,13-/m0/s1. The fourth-order valence-electron chi connectivity index (χ4n) is 2.59. The molecule has 1 saturated heterocycles. The monoisotopic (exact) mass is 262 g/mol. The molecule has 0 unspecified atom stereocenters. The fourth-order valence-corrected chi connectivity index (χ4v) is 2.59. The summed E-state index contributed by atoms with van der Waals surface area (Å²) in [6.07, 6.45) is 0.881. The van der Waals surface area contributed by atoms with E-state index in [-0.39, 0.29) is 23.8 Å². The van der Waals surface area contributed by atoms with Crippen LogP contribution in [0.5, 0.6) is 5.75 Å². The number of amides is 2. The maximum atomic E-state index is 11.8. The highest BCUT2D eigenvalue weighted by molar-refractivity contribution is 5.83. The number of nitrogens with zero attached hydrogens (tertiary/aromatic N) is 1. The Kier molecular flexibility index (Phi) is 3.74. The van der Waals surface area contributed by atoms with Crippen LogP contribution in [0.25, 0.3) is 0 Å². The third-order valence-corrected chi connectivity index (χ3v) is 3.68. The molecule has 2 amide bonds. The number of carbonyl (C=O) groups is 2. The molecule has 2 N–H and O–H groups in total. The van der Waals surface area contributed by atoms with E-state index >= 15 is 0 Å². The first kappa shape index (κ1) is 13.4. The van der Waals surface area contributed by atoms with Gasteiger partial charge in [0.15, 0.2) is 0 Å². The van der Waals surface area contributed by atoms with Crippen LogP contribution in [0.15, 0.2) is 24.3 Å². The number of nitrogens with two attached hydrogens (primary N) is 1. The average Bonchev–Trinajstić information content (AvgIpc) is 2.41. The minimum atomic E-state index is -0.361. The summed E-state index contributed by atoms with van der Waals surface area (Å²) in [5.74, 6) is 0.0822. The molecular weight excluding hydrogens is 244 g/mol. The first-order valence-electron chi connectivity index (χ1n) is 6.23. The molecule has 0 saturated carbocycles. The van der Waals surface area contributed by atoms with Gasteiger partial charge >= 0.3 is 0 Å². The van der Waals surface area contributed by atoms with Crippen molar-refractivity contribution < 1.29 is 14.3 Å². The van der Waals surface area contributed by atoms with Crippen LogP contribution in [0.4, 0.5) is 0 Å². The molecule has 0 radical (unpaired) electrons. The summed E-state index contributed by atoms with van der Waals surface area (Å²) in [5, 5.41) is 0. The highest BCUT2D eigenvalue weighted by Crippen LogP contribution is 2.35. The molecule has 2 atom stereocenters. The first-order chi connectivity index (χ1) is 9.04. The number of hydrogen-bond acceptors (Lipinski definition) is 3. The number of likely N-dealkylation sites (tertiary alicyclic amines) is 1. The third-order valence-electron chi connectivity index (χ3n) is 3.68. The minimum Gasteiger partial charge on any atom is -0.497 e. The van der Waals surface area contributed by atoms with Crippen LogP contribution in [0.1, 0.15) is 24.4 Å². The summed E-state index contributed by atoms with van der Waals surface area (Å²) in [5.41, 5.74) is 6.36. The van der Waals surface area contributed by atoms with Crippen molar-refractivity contribution in [3.8, 4) is 5.75 Å². The molecule has 1 aromatic rings. The zero-order valence-electron chi connectivity index (χ0n) is 11.1. The topological polar surface area (TPSA) is 72.6 Å². The fraction of sp³-hybridized carbons (Fsp3) is 0.429. The number of benzene rings is 1. The molecular formula is C14H18N2O3. The van der Waals surface area contributed by atoms with E-state index in [1.54, 1.807) is 19.1 Å². The summed E-state index contributed by atoms with van der Waals surface area (Å²) in [7, 11) is 3.31. The van der Waals surface area contributed by atoms with Gasteiger partial charge in [-0.3, -0.25) is 9.59 Å². The van der Waals surface area contributed by atoms with Gasteiger partial charge in [0, 0.05) is 13.5 Å². The molecule has 1 fully saturated rings. The second-order valence-electron chi connectivity index (χ2n) is 4.77. The Labute approximate surface area is 112 Å². The van der Waals surface area contributed by atoms with Crippen molar-refractivity contribution in [1.82, 2.24) is 4.90 Å². The number of ether oxygens (including phenoxy) is 1. The lowest BCUT2D eigenvalue weighted by atomic mass is 9.84. The molecule has 0 bridgehead atoms. The average molecular weight is 262 g/mol. The van der Waals surface area contributed by atoms with Crippen LogP contribution in [-0.2, 0) is 9.59 Å². The van der Waals surface area contributed by atoms with Crippen molar-refractivity contribution in [2.75, 3.05) is 14.2 Å². The summed E-state index contributed by atoms with van der Waals surface area (Å²) in [6.45, 7) is 0. The Morgan fingerprint density at radius 2 is 2.00 bits per heavy atom. The lowest BCUT2D eigenvalue weighted by molar-refractivity contribution is -0.140. The van der Waals surface area contributed by atoms with Gasteiger partial charge in [-0.1, -0.05) is 12.1 Å². The van der Waals surface area contributed by atoms with Gasteiger partial charge < -0.3 is 15.4 Å². The molecule has 1 aliphatic heterocycles. The van der Waals surface area contributed by atoms with Gasteiger partial charge in [-0.05, 0) is 24.1 Å². The van der Waals surface area contributed by atoms with Crippen molar-refractivity contribution in [1.29, 1.82) is 0 Å². The number of carbonyl (C=O) groups excluding carboxylic acids is 2. The molecule has 5 heteroatoms. The van der Waals surface area contributed by atoms with E-state index in [2.05, 4.69) is 0 Å². The zero-order chi connectivity index (χ0) is 14.0. The minimum absolute atomic E-state index is 0.0401. The summed E-state index contributed by atoms with van der Waals surface area (Å²) >= 11 is 0. The molecule has 1 aliphatic rings. The van der Waals surface area contributed by atoms with Crippen LogP contribution in [-0.4, -0.2) is 30.9 Å². The van der Waals surface area contributed by atoms with Gasteiger partial charge in [0.05, 0.1) is 19.1 Å². The van der Waals surface area contributed by atoms with Gasteiger partial charge in [-0.15, -0.1) is 0 Å². The van der Waals surface area contributed by atoms with Crippen molar-refractivity contribution in [2.45, 2.75) is 18.9 Å². The SMILES string of the molecule is COc1ccc([C@H]2[C@@H](C(N)=O)CCC(=O)N2C)cc1. The second-order valence-corrected chi connectivity index (χ2v) is 4.77. The smallest absolute Gasteiger partial charge is 0.222 e. The Hall–Kier alpha value is -2.04. The molecule has 0 aromatic heterocycles. The molecule has 0 aliphatic carbocycles. The molecule has 0 spiro atoms. The Bertz CT molecular complexity index is 484. The maximum absolute atomic E-state index is 11.8. The van der Waals surface area contributed by atoms with Crippen LogP contribution < -0.4 is 10.5 Å². The van der Waals surface area contributed by atoms with Gasteiger partial charge in [0.1, 0.15) is 5.75 Å². The van der Waals surface area contributed by atoms with Crippen LogP contribution in [0.3, 0.4) is 0 Å². The summed E-state index contributed by atoms with van der Waals surface area (Å²) < 4.78 is 5.11. The lowest BCUT2D eigenvalue weighted by Crippen LogP contribution is -2.44. The van der Waals surface area contributed by atoms with E-state index in [1.807, 2.05) is 24.3 Å².